The Morgan fingerprint density at radius 1 is 1.16 bits per heavy atom. The van der Waals surface area contributed by atoms with Gasteiger partial charge in [0.25, 0.3) is 0 Å². The molecule has 0 saturated heterocycles. The number of aromatic hydroxyl groups is 2. The monoisotopic (exact) mass is 360 g/mol. The number of halogens is 1. The van der Waals surface area contributed by atoms with Crippen molar-refractivity contribution >= 4 is 11.6 Å². The molecule has 0 aliphatic carbocycles. The van der Waals surface area contributed by atoms with E-state index in [9.17, 15) is 10.2 Å². The number of ether oxygens (including phenoxy) is 2. The van der Waals surface area contributed by atoms with Gasteiger partial charge in [-0.1, -0.05) is 23.7 Å². The van der Waals surface area contributed by atoms with Crippen molar-refractivity contribution in [2.45, 2.75) is 44.6 Å². The SMILES string of the molecule is CC1(C)CCc2c(ccc3c2OCC(c2ccc(O)c(Cl)c2O)C3)O1. The average Bonchev–Trinajstić information content (AvgIpc) is 2.58. The largest absolute Gasteiger partial charge is 0.506 e. The molecule has 0 saturated carbocycles. The fourth-order valence-electron chi connectivity index (χ4n) is 3.71. The van der Waals surface area contributed by atoms with Crippen LogP contribution in [0.2, 0.25) is 5.02 Å². The van der Waals surface area contributed by atoms with E-state index < -0.39 is 0 Å². The first-order chi connectivity index (χ1) is 11.9. The number of rotatable bonds is 1. The number of hydrogen-bond acceptors (Lipinski definition) is 4. The van der Waals surface area contributed by atoms with Gasteiger partial charge in [-0.25, -0.2) is 0 Å². The van der Waals surface area contributed by atoms with E-state index in [1.54, 1.807) is 6.07 Å². The summed E-state index contributed by atoms with van der Waals surface area (Å²) in [5.41, 5.74) is 2.81. The Morgan fingerprint density at radius 2 is 1.96 bits per heavy atom. The minimum atomic E-state index is -0.146. The maximum Gasteiger partial charge on any atom is 0.141 e. The Balaban J connectivity index is 1.66. The molecule has 0 aromatic heterocycles. The third kappa shape index (κ3) is 2.78. The van der Waals surface area contributed by atoms with Gasteiger partial charge in [-0.15, -0.1) is 0 Å². The molecule has 4 nitrogen and oxygen atoms in total. The van der Waals surface area contributed by atoms with Crippen molar-refractivity contribution in [1.82, 2.24) is 0 Å². The third-order valence-electron chi connectivity index (χ3n) is 5.12. The molecule has 1 atom stereocenters. The minimum absolute atomic E-state index is 0.00963. The molecule has 0 spiro atoms. The quantitative estimate of drug-likeness (QED) is 0.781. The Hall–Kier alpha value is -2.07. The van der Waals surface area contributed by atoms with Crippen LogP contribution in [0.25, 0.3) is 0 Å². The normalized spacial score (nSPS) is 20.8. The van der Waals surface area contributed by atoms with E-state index in [1.165, 1.54) is 6.07 Å². The van der Waals surface area contributed by atoms with Crippen LogP contribution in [-0.4, -0.2) is 22.4 Å². The van der Waals surface area contributed by atoms with E-state index in [1.807, 2.05) is 12.1 Å². The predicted octanol–water partition coefficient (Wildman–Crippen LogP) is 4.57. The van der Waals surface area contributed by atoms with Crippen molar-refractivity contribution < 1.29 is 19.7 Å². The van der Waals surface area contributed by atoms with Crippen LogP contribution in [-0.2, 0) is 12.8 Å². The highest BCUT2D eigenvalue weighted by molar-refractivity contribution is 6.33. The standard InChI is InChI=1S/C20H21ClO4/c1-20(2)8-7-14-16(25-20)6-3-11-9-12(10-24-19(11)14)13-4-5-15(22)17(21)18(13)23/h3-6,12,22-23H,7-10H2,1-2H3. The molecule has 5 heteroatoms. The summed E-state index contributed by atoms with van der Waals surface area (Å²) in [7, 11) is 0. The zero-order valence-electron chi connectivity index (χ0n) is 14.3. The molecular formula is C20H21ClO4. The van der Waals surface area contributed by atoms with Gasteiger partial charge in [-0.3, -0.25) is 0 Å². The van der Waals surface area contributed by atoms with Crippen LogP contribution in [0.5, 0.6) is 23.0 Å². The number of benzene rings is 2. The summed E-state index contributed by atoms with van der Waals surface area (Å²) in [5.74, 6) is 1.64. The first-order valence-electron chi connectivity index (χ1n) is 8.52. The molecule has 2 aromatic carbocycles. The molecule has 0 bridgehead atoms. The number of fused-ring (bicyclic) bond motifs is 3. The Morgan fingerprint density at radius 3 is 2.76 bits per heavy atom. The van der Waals surface area contributed by atoms with Gasteiger partial charge in [0.05, 0.1) is 6.61 Å². The van der Waals surface area contributed by atoms with Crippen molar-refractivity contribution in [3.8, 4) is 23.0 Å². The number of hydrogen-bond donors (Lipinski definition) is 2. The minimum Gasteiger partial charge on any atom is -0.506 e. The van der Waals surface area contributed by atoms with Crippen molar-refractivity contribution in [3.05, 3.63) is 46.0 Å². The molecule has 2 aliphatic rings. The fourth-order valence-corrected chi connectivity index (χ4v) is 3.88. The van der Waals surface area contributed by atoms with Gasteiger partial charge < -0.3 is 19.7 Å². The van der Waals surface area contributed by atoms with Crippen LogP contribution in [0, 0.1) is 0 Å². The van der Waals surface area contributed by atoms with Crippen LogP contribution >= 0.6 is 11.6 Å². The molecule has 0 fully saturated rings. The average molecular weight is 361 g/mol. The molecule has 1 unspecified atom stereocenters. The van der Waals surface area contributed by atoms with E-state index in [2.05, 4.69) is 13.8 Å². The smallest absolute Gasteiger partial charge is 0.141 e. The lowest BCUT2D eigenvalue weighted by molar-refractivity contribution is 0.0826. The maximum absolute atomic E-state index is 10.3. The molecule has 2 N–H and O–H groups in total. The second-order valence-electron chi connectivity index (χ2n) is 7.44. The van der Waals surface area contributed by atoms with Crippen molar-refractivity contribution in [2.75, 3.05) is 6.61 Å². The van der Waals surface area contributed by atoms with Gasteiger partial charge >= 0.3 is 0 Å². The summed E-state index contributed by atoms with van der Waals surface area (Å²) >= 11 is 5.97. The maximum atomic E-state index is 10.3. The number of phenolic OH excluding ortho intramolecular Hbond substituents is 2. The summed E-state index contributed by atoms with van der Waals surface area (Å²) in [6, 6.07) is 7.28. The molecular weight excluding hydrogens is 340 g/mol. The van der Waals surface area contributed by atoms with E-state index in [0.29, 0.717) is 12.2 Å². The lowest BCUT2D eigenvalue weighted by Gasteiger charge is -2.35. The van der Waals surface area contributed by atoms with Gasteiger partial charge in [0.1, 0.15) is 33.6 Å². The summed E-state index contributed by atoms with van der Waals surface area (Å²) in [4.78, 5) is 0. The first kappa shape index (κ1) is 16.4. The second-order valence-corrected chi connectivity index (χ2v) is 7.82. The summed E-state index contributed by atoms with van der Waals surface area (Å²) in [6.45, 7) is 4.66. The fraction of sp³-hybridized carbons (Fsp3) is 0.400. The topological polar surface area (TPSA) is 58.9 Å². The zero-order chi connectivity index (χ0) is 17.8. The van der Waals surface area contributed by atoms with Gasteiger partial charge in [0, 0.05) is 17.0 Å². The molecule has 2 aromatic rings. The Labute approximate surface area is 152 Å². The molecule has 0 radical (unpaired) electrons. The van der Waals surface area contributed by atoms with Gasteiger partial charge in [0.2, 0.25) is 0 Å². The molecule has 132 valence electrons. The van der Waals surface area contributed by atoms with Crippen LogP contribution in [0.15, 0.2) is 24.3 Å². The van der Waals surface area contributed by atoms with E-state index in [0.717, 1.165) is 41.9 Å². The highest BCUT2D eigenvalue weighted by atomic mass is 35.5. The summed E-state index contributed by atoms with van der Waals surface area (Å²) in [6.07, 6.45) is 2.64. The lowest BCUT2D eigenvalue weighted by Crippen LogP contribution is -2.33. The van der Waals surface area contributed by atoms with E-state index in [4.69, 9.17) is 21.1 Å². The van der Waals surface area contributed by atoms with Crippen LogP contribution in [0.4, 0.5) is 0 Å². The molecule has 4 rings (SSSR count). The van der Waals surface area contributed by atoms with Gasteiger partial charge in [-0.05, 0) is 50.8 Å². The molecule has 2 aliphatic heterocycles. The van der Waals surface area contributed by atoms with E-state index in [-0.39, 0.29) is 28.0 Å². The zero-order valence-corrected chi connectivity index (χ0v) is 15.1. The number of phenols is 2. The Kier molecular flexibility index (Phi) is 3.76. The van der Waals surface area contributed by atoms with E-state index >= 15 is 0 Å². The molecule has 2 heterocycles. The highest BCUT2D eigenvalue weighted by Crippen LogP contribution is 2.46. The lowest BCUT2D eigenvalue weighted by atomic mass is 9.86. The van der Waals surface area contributed by atoms with Gasteiger partial charge in [0.15, 0.2) is 0 Å². The second kappa shape index (κ2) is 5.73. The first-order valence-corrected chi connectivity index (χ1v) is 8.90. The summed E-state index contributed by atoms with van der Waals surface area (Å²) < 4.78 is 12.2. The van der Waals surface area contributed by atoms with Crippen LogP contribution in [0.1, 0.15) is 42.9 Å². The predicted molar refractivity (Wildman–Crippen MR) is 96.2 cm³/mol. The molecule has 25 heavy (non-hydrogen) atoms. The molecule has 0 amide bonds. The van der Waals surface area contributed by atoms with Gasteiger partial charge in [-0.2, -0.15) is 0 Å². The summed E-state index contributed by atoms with van der Waals surface area (Å²) in [5, 5.41) is 19.9. The van der Waals surface area contributed by atoms with Crippen molar-refractivity contribution in [2.24, 2.45) is 0 Å². The van der Waals surface area contributed by atoms with Crippen LogP contribution < -0.4 is 9.47 Å². The van der Waals surface area contributed by atoms with Crippen molar-refractivity contribution in [3.63, 3.8) is 0 Å². The Bertz CT molecular complexity index is 844. The third-order valence-corrected chi connectivity index (χ3v) is 5.50. The van der Waals surface area contributed by atoms with Crippen LogP contribution in [0.3, 0.4) is 0 Å². The van der Waals surface area contributed by atoms with Crippen molar-refractivity contribution in [1.29, 1.82) is 0 Å². The highest BCUT2D eigenvalue weighted by Gasteiger charge is 2.32.